The molecular weight excluding hydrogens is 212 g/mol. The van der Waals surface area contributed by atoms with Crippen LogP contribution in [0, 0.1) is 11.8 Å². The van der Waals surface area contributed by atoms with E-state index in [0.717, 1.165) is 24.3 Å². The molecule has 82 valence electrons. The molecular formula is C12H15ClO2. The Labute approximate surface area is 94.6 Å². The van der Waals surface area contributed by atoms with Crippen LogP contribution in [0.5, 0.6) is 0 Å². The second-order valence-corrected chi connectivity index (χ2v) is 4.71. The van der Waals surface area contributed by atoms with Gasteiger partial charge in [0, 0.05) is 16.9 Å². The number of aliphatic hydroxyl groups excluding tert-OH is 1. The molecule has 3 heteroatoms. The molecule has 3 atom stereocenters. The smallest absolute Gasteiger partial charge is 0.164 e. The van der Waals surface area contributed by atoms with E-state index in [2.05, 4.69) is 0 Å². The van der Waals surface area contributed by atoms with Gasteiger partial charge in [-0.15, -0.1) is 0 Å². The highest BCUT2D eigenvalue weighted by Gasteiger charge is 2.36. The first-order valence-corrected chi connectivity index (χ1v) is 5.82. The summed E-state index contributed by atoms with van der Waals surface area (Å²) in [7, 11) is 0. The first kappa shape index (κ1) is 10.9. The predicted octanol–water partition coefficient (Wildman–Crippen LogP) is 2.42. The standard InChI is InChI=1S/C12H15ClO2/c13-10-6-2-1-4-8(10)9-5-3-7-11(14)12(9)15/h1-2,6,8-9,11,14H,3-5,7H2/t8?,9-,11+/m0/s1. The summed E-state index contributed by atoms with van der Waals surface area (Å²) in [6, 6.07) is 0. The summed E-state index contributed by atoms with van der Waals surface area (Å²) >= 11 is 6.11. The molecule has 0 aromatic rings. The average molecular weight is 227 g/mol. The largest absolute Gasteiger partial charge is 0.385 e. The van der Waals surface area contributed by atoms with E-state index in [1.54, 1.807) is 0 Å². The monoisotopic (exact) mass is 226 g/mol. The van der Waals surface area contributed by atoms with Crippen LogP contribution in [-0.2, 0) is 4.79 Å². The van der Waals surface area contributed by atoms with E-state index in [4.69, 9.17) is 11.6 Å². The van der Waals surface area contributed by atoms with Gasteiger partial charge in [0.25, 0.3) is 0 Å². The maximum absolute atomic E-state index is 11.8. The van der Waals surface area contributed by atoms with Crippen molar-refractivity contribution in [1.29, 1.82) is 0 Å². The Hall–Kier alpha value is -0.600. The fourth-order valence-corrected chi connectivity index (χ4v) is 2.75. The lowest BCUT2D eigenvalue weighted by Gasteiger charge is -2.31. The fraction of sp³-hybridized carbons (Fsp3) is 0.583. The maximum Gasteiger partial charge on any atom is 0.164 e. The van der Waals surface area contributed by atoms with E-state index in [1.807, 2.05) is 18.2 Å². The molecule has 0 bridgehead atoms. The Kier molecular flexibility index (Phi) is 3.27. The minimum Gasteiger partial charge on any atom is -0.385 e. The van der Waals surface area contributed by atoms with E-state index in [1.165, 1.54) is 0 Å². The van der Waals surface area contributed by atoms with Gasteiger partial charge in [-0.1, -0.05) is 23.8 Å². The van der Waals surface area contributed by atoms with Crippen LogP contribution in [0.25, 0.3) is 0 Å². The van der Waals surface area contributed by atoms with Crippen molar-refractivity contribution in [1.82, 2.24) is 0 Å². The lowest BCUT2D eigenvalue weighted by Crippen LogP contribution is -2.37. The second-order valence-electron chi connectivity index (χ2n) is 4.28. The third kappa shape index (κ3) is 2.16. The molecule has 2 aliphatic carbocycles. The molecule has 15 heavy (non-hydrogen) atoms. The van der Waals surface area contributed by atoms with Crippen LogP contribution >= 0.6 is 11.6 Å². The van der Waals surface area contributed by atoms with Crippen LogP contribution in [0.3, 0.4) is 0 Å². The van der Waals surface area contributed by atoms with Crippen molar-refractivity contribution < 1.29 is 9.90 Å². The fourth-order valence-electron chi connectivity index (χ4n) is 2.44. The summed E-state index contributed by atoms with van der Waals surface area (Å²) < 4.78 is 0. The molecule has 0 aromatic heterocycles. The molecule has 0 radical (unpaired) electrons. The Morgan fingerprint density at radius 1 is 1.33 bits per heavy atom. The van der Waals surface area contributed by atoms with Crippen LogP contribution < -0.4 is 0 Å². The molecule has 0 aliphatic heterocycles. The zero-order valence-electron chi connectivity index (χ0n) is 8.53. The minimum absolute atomic E-state index is 0.0203. The number of carbonyl (C=O) groups excluding carboxylic acids is 1. The minimum atomic E-state index is -0.765. The van der Waals surface area contributed by atoms with Gasteiger partial charge < -0.3 is 5.11 Å². The van der Waals surface area contributed by atoms with Gasteiger partial charge in [-0.3, -0.25) is 4.79 Å². The number of halogens is 1. The van der Waals surface area contributed by atoms with Crippen molar-refractivity contribution in [3.05, 3.63) is 23.3 Å². The third-order valence-corrected chi connectivity index (χ3v) is 3.71. The summed E-state index contributed by atoms with van der Waals surface area (Å²) in [6.45, 7) is 0. The summed E-state index contributed by atoms with van der Waals surface area (Å²) in [4.78, 5) is 11.8. The van der Waals surface area contributed by atoms with Crippen LogP contribution in [0.15, 0.2) is 23.3 Å². The van der Waals surface area contributed by atoms with E-state index < -0.39 is 6.10 Å². The Morgan fingerprint density at radius 2 is 2.13 bits per heavy atom. The molecule has 2 rings (SSSR count). The van der Waals surface area contributed by atoms with Crippen LogP contribution in [0.2, 0.25) is 0 Å². The van der Waals surface area contributed by atoms with Crippen LogP contribution in [-0.4, -0.2) is 17.0 Å². The second kappa shape index (κ2) is 4.50. The normalized spacial score (nSPS) is 36.5. The van der Waals surface area contributed by atoms with Gasteiger partial charge in [0.2, 0.25) is 0 Å². The highest BCUT2D eigenvalue weighted by Crippen LogP contribution is 2.37. The zero-order valence-corrected chi connectivity index (χ0v) is 9.28. The molecule has 2 aliphatic rings. The van der Waals surface area contributed by atoms with Crippen molar-refractivity contribution in [3.63, 3.8) is 0 Å². The summed E-state index contributed by atoms with van der Waals surface area (Å²) in [5.41, 5.74) is 0. The Bertz CT molecular complexity index is 320. The highest BCUT2D eigenvalue weighted by atomic mass is 35.5. The lowest BCUT2D eigenvalue weighted by atomic mass is 9.75. The molecule has 1 saturated carbocycles. The molecule has 2 nitrogen and oxygen atoms in total. The highest BCUT2D eigenvalue weighted by molar-refractivity contribution is 6.30. The van der Waals surface area contributed by atoms with E-state index >= 15 is 0 Å². The van der Waals surface area contributed by atoms with Gasteiger partial charge in [-0.05, 0) is 31.8 Å². The van der Waals surface area contributed by atoms with Crippen molar-refractivity contribution in [2.45, 2.75) is 31.8 Å². The van der Waals surface area contributed by atoms with Crippen molar-refractivity contribution in [3.8, 4) is 0 Å². The number of aliphatic hydroxyl groups is 1. The molecule has 0 amide bonds. The van der Waals surface area contributed by atoms with Gasteiger partial charge >= 0.3 is 0 Å². The quantitative estimate of drug-likeness (QED) is 0.746. The molecule has 1 N–H and O–H groups in total. The molecule has 0 saturated heterocycles. The number of carbonyl (C=O) groups is 1. The van der Waals surface area contributed by atoms with Crippen molar-refractivity contribution >= 4 is 17.4 Å². The number of hydrogen-bond acceptors (Lipinski definition) is 2. The summed E-state index contributed by atoms with van der Waals surface area (Å²) in [5.74, 6) is -0.00494. The van der Waals surface area contributed by atoms with E-state index in [-0.39, 0.29) is 17.6 Å². The molecule has 1 fully saturated rings. The van der Waals surface area contributed by atoms with Gasteiger partial charge in [0.15, 0.2) is 5.78 Å². The SMILES string of the molecule is O=C1[C@H](O)CCC[C@H]1C1CC=CC=C1Cl. The Balaban J connectivity index is 2.13. The van der Waals surface area contributed by atoms with Gasteiger partial charge in [-0.25, -0.2) is 0 Å². The van der Waals surface area contributed by atoms with Crippen LogP contribution in [0.4, 0.5) is 0 Å². The van der Waals surface area contributed by atoms with Crippen LogP contribution in [0.1, 0.15) is 25.7 Å². The predicted molar refractivity (Wildman–Crippen MR) is 59.5 cm³/mol. The topological polar surface area (TPSA) is 37.3 Å². The number of hydrogen-bond donors (Lipinski definition) is 1. The third-order valence-electron chi connectivity index (χ3n) is 3.31. The van der Waals surface area contributed by atoms with Gasteiger partial charge in [0.05, 0.1) is 0 Å². The van der Waals surface area contributed by atoms with Crippen molar-refractivity contribution in [2.75, 3.05) is 0 Å². The van der Waals surface area contributed by atoms with E-state index in [0.29, 0.717) is 6.42 Å². The molecule has 0 heterocycles. The number of rotatable bonds is 1. The number of allylic oxidation sites excluding steroid dienone is 4. The van der Waals surface area contributed by atoms with Gasteiger partial charge in [-0.2, -0.15) is 0 Å². The van der Waals surface area contributed by atoms with E-state index in [9.17, 15) is 9.90 Å². The first-order chi connectivity index (χ1) is 7.20. The molecule has 0 spiro atoms. The number of ketones is 1. The number of Topliss-reactive ketones (excluding diaryl/α,β-unsaturated/α-hetero) is 1. The first-order valence-electron chi connectivity index (χ1n) is 5.44. The molecule has 0 aromatic carbocycles. The lowest BCUT2D eigenvalue weighted by molar-refractivity contribution is -0.135. The molecule has 1 unspecified atom stereocenters. The zero-order chi connectivity index (χ0) is 10.8. The van der Waals surface area contributed by atoms with Gasteiger partial charge in [0.1, 0.15) is 6.10 Å². The summed E-state index contributed by atoms with van der Waals surface area (Å²) in [6.07, 6.45) is 8.24. The summed E-state index contributed by atoms with van der Waals surface area (Å²) in [5, 5.41) is 10.3. The maximum atomic E-state index is 11.8. The Morgan fingerprint density at radius 3 is 2.87 bits per heavy atom. The van der Waals surface area contributed by atoms with Crippen molar-refractivity contribution in [2.24, 2.45) is 11.8 Å². The average Bonchev–Trinajstić information content (AvgIpc) is 2.23.